The van der Waals surface area contributed by atoms with E-state index in [0.29, 0.717) is 29.4 Å². The van der Waals surface area contributed by atoms with Crippen LogP contribution in [0.15, 0.2) is 60.0 Å². The van der Waals surface area contributed by atoms with E-state index >= 15 is 0 Å². The van der Waals surface area contributed by atoms with E-state index < -0.39 is 6.10 Å². The van der Waals surface area contributed by atoms with E-state index in [2.05, 4.69) is 5.32 Å². The topological polar surface area (TPSA) is 67.9 Å². The van der Waals surface area contributed by atoms with Crippen LogP contribution in [-0.4, -0.2) is 29.9 Å². The van der Waals surface area contributed by atoms with Crippen LogP contribution in [0.5, 0.6) is 11.5 Å². The smallest absolute Gasteiger partial charge is 0.265 e. The van der Waals surface area contributed by atoms with Crippen LogP contribution in [-0.2, 0) is 17.9 Å². The van der Waals surface area contributed by atoms with Crippen molar-refractivity contribution in [2.75, 3.05) is 12.4 Å². The fourth-order valence-corrected chi connectivity index (χ4v) is 4.02. The van der Waals surface area contributed by atoms with Crippen LogP contribution in [0.4, 0.5) is 5.69 Å². The van der Waals surface area contributed by atoms with E-state index in [0.717, 1.165) is 16.9 Å². The maximum Gasteiger partial charge on any atom is 0.265 e. The second-order valence-electron chi connectivity index (χ2n) is 7.06. The summed E-state index contributed by atoms with van der Waals surface area (Å²) in [4.78, 5) is 27.7. The van der Waals surface area contributed by atoms with Gasteiger partial charge in [-0.25, -0.2) is 0 Å². The van der Waals surface area contributed by atoms with Gasteiger partial charge in [0.25, 0.3) is 11.8 Å². The summed E-state index contributed by atoms with van der Waals surface area (Å²) >= 11 is 1.39. The van der Waals surface area contributed by atoms with Crippen molar-refractivity contribution < 1.29 is 19.1 Å². The first-order chi connectivity index (χ1) is 14.5. The summed E-state index contributed by atoms with van der Waals surface area (Å²) in [5.41, 5.74) is 2.49. The molecule has 1 N–H and O–H groups in total. The monoisotopic (exact) mass is 422 g/mol. The Morgan fingerprint density at radius 1 is 1.23 bits per heavy atom. The predicted octanol–water partition coefficient (Wildman–Crippen LogP) is 4.32. The number of fused-ring (bicyclic) bond motifs is 1. The molecular formula is C23H22N2O4S. The lowest BCUT2D eigenvalue weighted by molar-refractivity contribution is -0.138. The lowest BCUT2D eigenvalue weighted by atomic mass is 10.1. The fraction of sp³-hybridized carbons (Fsp3) is 0.217. The van der Waals surface area contributed by atoms with Crippen molar-refractivity contribution in [3.8, 4) is 11.5 Å². The highest BCUT2D eigenvalue weighted by atomic mass is 32.1. The van der Waals surface area contributed by atoms with Crippen molar-refractivity contribution in [3.63, 3.8) is 0 Å². The molecule has 1 aliphatic rings. The van der Waals surface area contributed by atoms with Crippen LogP contribution in [0, 0.1) is 0 Å². The minimum Gasteiger partial charge on any atom is -0.497 e. The molecule has 30 heavy (non-hydrogen) atoms. The van der Waals surface area contributed by atoms with E-state index in [4.69, 9.17) is 9.47 Å². The predicted molar refractivity (Wildman–Crippen MR) is 116 cm³/mol. The zero-order chi connectivity index (χ0) is 21.1. The zero-order valence-electron chi connectivity index (χ0n) is 16.8. The number of methoxy groups -OCH3 is 1. The number of carbonyl (C=O) groups excluding carboxylic acids is 2. The van der Waals surface area contributed by atoms with Gasteiger partial charge in [0.15, 0.2) is 6.10 Å². The van der Waals surface area contributed by atoms with Gasteiger partial charge in [-0.1, -0.05) is 18.2 Å². The Kier molecular flexibility index (Phi) is 5.72. The summed E-state index contributed by atoms with van der Waals surface area (Å²) in [6.45, 7) is 2.58. The van der Waals surface area contributed by atoms with Gasteiger partial charge >= 0.3 is 0 Å². The Hall–Kier alpha value is -3.32. The molecule has 2 heterocycles. The SMILES string of the molecule is COc1cccc(CN2Cc3cc(NC(=O)c4cccs4)ccc3OC(C)C2=O)c1. The highest BCUT2D eigenvalue weighted by Gasteiger charge is 2.28. The first-order valence-electron chi connectivity index (χ1n) is 9.59. The molecule has 0 bridgehead atoms. The van der Waals surface area contributed by atoms with Gasteiger partial charge in [-0.05, 0) is 54.3 Å². The summed E-state index contributed by atoms with van der Waals surface area (Å²) < 4.78 is 11.2. The molecular weight excluding hydrogens is 400 g/mol. The maximum absolute atomic E-state index is 12.9. The first-order valence-corrected chi connectivity index (χ1v) is 10.5. The molecule has 0 spiro atoms. The molecule has 0 radical (unpaired) electrons. The number of nitrogens with zero attached hydrogens (tertiary/aromatic N) is 1. The molecule has 3 aromatic rings. The van der Waals surface area contributed by atoms with Gasteiger partial charge in [-0.15, -0.1) is 11.3 Å². The number of nitrogens with one attached hydrogen (secondary N) is 1. The summed E-state index contributed by atoms with van der Waals surface area (Å²) in [5, 5.41) is 4.78. The van der Waals surface area contributed by atoms with Gasteiger partial charge < -0.3 is 19.7 Å². The normalized spacial score (nSPS) is 15.7. The number of benzene rings is 2. The minimum atomic E-state index is -0.594. The Morgan fingerprint density at radius 2 is 2.10 bits per heavy atom. The van der Waals surface area contributed by atoms with E-state index in [9.17, 15) is 9.59 Å². The van der Waals surface area contributed by atoms with Crippen LogP contribution >= 0.6 is 11.3 Å². The number of carbonyl (C=O) groups is 2. The van der Waals surface area contributed by atoms with Crippen LogP contribution in [0.25, 0.3) is 0 Å². The zero-order valence-corrected chi connectivity index (χ0v) is 17.6. The van der Waals surface area contributed by atoms with E-state index in [1.807, 2.05) is 41.8 Å². The van der Waals surface area contributed by atoms with Crippen molar-refractivity contribution in [1.82, 2.24) is 4.90 Å². The molecule has 1 aromatic heterocycles. The number of hydrogen-bond donors (Lipinski definition) is 1. The molecule has 154 valence electrons. The molecule has 2 aromatic carbocycles. The molecule has 0 saturated carbocycles. The molecule has 4 rings (SSSR count). The van der Waals surface area contributed by atoms with Gasteiger partial charge in [-0.3, -0.25) is 9.59 Å². The third-order valence-corrected chi connectivity index (χ3v) is 5.76. The second-order valence-corrected chi connectivity index (χ2v) is 8.01. The lowest BCUT2D eigenvalue weighted by Gasteiger charge is -2.22. The number of rotatable bonds is 5. The molecule has 1 aliphatic heterocycles. The summed E-state index contributed by atoms with van der Waals surface area (Å²) in [6, 6.07) is 16.7. The molecule has 6 nitrogen and oxygen atoms in total. The Balaban J connectivity index is 1.57. The quantitative estimate of drug-likeness (QED) is 0.665. The third kappa shape index (κ3) is 4.31. The third-order valence-electron chi connectivity index (χ3n) is 4.90. The molecule has 0 aliphatic carbocycles. The van der Waals surface area contributed by atoms with Gasteiger partial charge in [0, 0.05) is 24.3 Å². The number of hydrogen-bond acceptors (Lipinski definition) is 5. The average Bonchev–Trinajstić information content (AvgIpc) is 3.26. The van der Waals surface area contributed by atoms with Crippen LogP contribution in [0.2, 0.25) is 0 Å². The lowest BCUT2D eigenvalue weighted by Crippen LogP contribution is -2.37. The Morgan fingerprint density at radius 3 is 2.87 bits per heavy atom. The van der Waals surface area contributed by atoms with Crippen molar-refractivity contribution in [3.05, 3.63) is 76.0 Å². The van der Waals surface area contributed by atoms with E-state index in [-0.39, 0.29) is 11.8 Å². The largest absolute Gasteiger partial charge is 0.497 e. The average molecular weight is 423 g/mol. The number of anilines is 1. The molecule has 0 saturated heterocycles. The van der Waals surface area contributed by atoms with Gasteiger partial charge in [0.2, 0.25) is 0 Å². The summed E-state index contributed by atoms with van der Waals surface area (Å²) in [5.74, 6) is 1.16. The number of thiophene rings is 1. The number of ether oxygens (including phenoxy) is 2. The van der Waals surface area contributed by atoms with Crippen molar-refractivity contribution in [1.29, 1.82) is 0 Å². The first kappa shape index (κ1) is 20.0. The molecule has 0 fully saturated rings. The molecule has 1 atom stereocenters. The summed E-state index contributed by atoms with van der Waals surface area (Å²) in [7, 11) is 1.62. The van der Waals surface area contributed by atoms with Gasteiger partial charge in [0.05, 0.1) is 12.0 Å². The highest BCUT2D eigenvalue weighted by Crippen LogP contribution is 2.30. The van der Waals surface area contributed by atoms with Crippen LogP contribution in [0.3, 0.4) is 0 Å². The fourth-order valence-electron chi connectivity index (χ4n) is 3.40. The van der Waals surface area contributed by atoms with E-state index in [1.165, 1.54) is 11.3 Å². The Labute approximate surface area is 179 Å². The maximum atomic E-state index is 12.9. The molecule has 1 unspecified atom stereocenters. The van der Waals surface area contributed by atoms with Crippen molar-refractivity contribution >= 4 is 28.8 Å². The highest BCUT2D eigenvalue weighted by molar-refractivity contribution is 7.12. The van der Waals surface area contributed by atoms with Crippen molar-refractivity contribution in [2.45, 2.75) is 26.1 Å². The van der Waals surface area contributed by atoms with Crippen LogP contribution in [0.1, 0.15) is 27.7 Å². The van der Waals surface area contributed by atoms with E-state index in [1.54, 1.807) is 37.1 Å². The molecule has 2 amide bonds. The molecule has 7 heteroatoms. The number of amides is 2. The standard InChI is InChI=1S/C23H22N2O4S/c1-15-23(27)25(13-16-5-3-6-19(11-16)28-2)14-17-12-18(8-9-20(17)29-15)24-22(26)21-7-4-10-30-21/h3-12,15H,13-14H2,1-2H3,(H,24,26). The van der Waals surface area contributed by atoms with Crippen molar-refractivity contribution in [2.24, 2.45) is 0 Å². The van der Waals surface area contributed by atoms with Gasteiger partial charge in [0.1, 0.15) is 11.5 Å². The van der Waals surface area contributed by atoms with Gasteiger partial charge in [-0.2, -0.15) is 0 Å². The Bertz CT molecular complexity index is 1060. The second kappa shape index (κ2) is 8.59. The minimum absolute atomic E-state index is 0.0850. The van der Waals surface area contributed by atoms with Crippen LogP contribution < -0.4 is 14.8 Å². The summed E-state index contributed by atoms with van der Waals surface area (Å²) in [6.07, 6.45) is -0.594.